The van der Waals surface area contributed by atoms with Crippen LogP contribution in [0.2, 0.25) is 0 Å². The van der Waals surface area contributed by atoms with Crippen LogP contribution in [-0.4, -0.2) is 74.0 Å². The molecule has 302 valence electrons. The van der Waals surface area contributed by atoms with Crippen LogP contribution in [0.5, 0.6) is 0 Å². The van der Waals surface area contributed by atoms with E-state index >= 15 is 0 Å². The molecule has 0 N–H and O–H groups in total. The molecule has 11 nitrogen and oxygen atoms in total. The molecule has 1 aromatic heterocycles. The number of benzene rings is 1. The molecular weight excluding hydrogens is 700 g/mol. The summed E-state index contributed by atoms with van der Waals surface area (Å²) in [6.07, 6.45) is 6.11. The quantitative estimate of drug-likeness (QED) is 0.117. The van der Waals surface area contributed by atoms with E-state index in [1.54, 1.807) is 25.1 Å². The van der Waals surface area contributed by atoms with Gasteiger partial charge in [0.1, 0.15) is 56.8 Å². The van der Waals surface area contributed by atoms with Crippen molar-refractivity contribution in [3.05, 3.63) is 65.5 Å². The van der Waals surface area contributed by atoms with Crippen LogP contribution in [0.3, 0.4) is 0 Å². The van der Waals surface area contributed by atoms with E-state index in [9.17, 15) is 14.4 Å². The molecule has 0 unspecified atom stereocenters. The van der Waals surface area contributed by atoms with E-state index in [0.717, 1.165) is 44.1 Å². The molecule has 2 heterocycles. The summed E-state index contributed by atoms with van der Waals surface area (Å²) in [4.78, 5) is 49.2. The van der Waals surface area contributed by atoms with E-state index in [0.29, 0.717) is 59.4 Å². The summed E-state index contributed by atoms with van der Waals surface area (Å²) in [5.41, 5.74) is 0.538. The Kier molecular flexibility index (Phi) is 15.3. The predicted molar refractivity (Wildman–Crippen MR) is 208 cm³/mol. The summed E-state index contributed by atoms with van der Waals surface area (Å²) in [7, 11) is 0. The first-order valence-corrected chi connectivity index (χ1v) is 20.2. The maximum Gasteiger partial charge on any atom is 0.332 e. The standard InChI is InChI=1S/C44H62N2O9/c1-28(2)34-18-16-30(5)20-38(34)50-24-40(47)54-26-44(7,27-55-41(48)25-51-39-21-31(6)17-19-35(39)29(3)4)43(49)53-22-33-14-11-15-36(45-33)42-46-37(23-52-42)32-12-9-8-10-13-32/h8-15,28-31,34-35,37-39H,16-27H2,1-7H3/t30-,31-,34+,35+,37+,38-,39-/m1/s1. The minimum absolute atomic E-state index is 0.0378. The molecule has 0 spiro atoms. The lowest BCUT2D eigenvalue weighted by atomic mass is 9.75. The zero-order valence-corrected chi connectivity index (χ0v) is 33.9. The third kappa shape index (κ3) is 12.1. The van der Waals surface area contributed by atoms with Gasteiger partial charge in [0.2, 0.25) is 5.90 Å². The largest absolute Gasteiger partial charge is 0.474 e. The Balaban J connectivity index is 1.21. The molecule has 0 amide bonds. The second-order valence-corrected chi connectivity index (χ2v) is 17.0. The highest BCUT2D eigenvalue weighted by atomic mass is 16.6. The molecule has 2 saturated carbocycles. The Morgan fingerprint density at radius 3 is 1.87 bits per heavy atom. The van der Waals surface area contributed by atoms with Crippen LogP contribution in [0.25, 0.3) is 0 Å². The normalized spacial score (nSPS) is 25.6. The van der Waals surface area contributed by atoms with E-state index in [2.05, 4.69) is 46.5 Å². The number of rotatable bonds is 17. The fourth-order valence-corrected chi connectivity index (χ4v) is 8.04. The number of aromatic nitrogens is 1. The second kappa shape index (κ2) is 19.9. The van der Waals surface area contributed by atoms with Crippen molar-refractivity contribution in [3.8, 4) is 0 Å². The number of hydrogen-bond donors (Lipinski definition) is 0. The Morgan fingerprint density at radius 2 is 1.33 bits per heavy atom. The molecule has 55 heavy (non-hydrogen) atoms. The summed E-state index contributed by atoms with van der Waals surface area (Å²) in [6.45, 7) is 13.7. The van der Waals surface area contributed by atoms with Crippen molar-refractivity contribution in [1.29, 1.82) is 0 Å². The number of nitrogens with zero attached hydrogens (tertiary/aromatic N) is 2. The first kappa shape index (κ1) is 42.3. The Labute approximate surface area is 327 Å². The summed E-state index contributed by atoms with van der Waals surface area (Å²) in [6, 6.07) is 15.1. The lowest BCUT2D eigenvalue weighted by Gasteiger charge is -2.37. The van der Waals surface area contributed by atoms with Crippen molar-refractivity contribution < 1.29 is 42.8 Å². The highest BCUT2D eigenvalue weighted by molar-refractivity contribution is 5.93. The number of hydrogen-bond acceptors (Lipinski definition) is 11. The van der Waals surface area contributed by atoms with E-state index < -0.39 is 23.3 Å². The number of pyridine rings is 1. The Morgan fingerprint density at radius 1 is 0.764 bits per heavy atom. The molecule has 0 radical (unpaired) electrons. The fraction of sp³-hybridized carbons (Fsp3) is 0.659. The van der Waals surface area contributed by atoms with Gasteiger partial charge in [0.05, 0.1) is 17.9 Å². The average molecular weight is 763 g/mol. The SMILES string of the molecule is CC(C)[C@@H]1CC[C@@H](C)C[C@H]1OCC(=O)OCC(C)(COC(=O)CO[C@@H]1C[C@H](C)CC[C@H]1C(C)C)C(=O)OCc1cccc(C2=N[C@H](c3ccccc3)CO2)n1. The van der Waals surface area contributed by atoms with Gasteiger partial charge in [-0.1, -0.05) is 90.8 Å². The fourth-order valence-electron chi connectivity index (χ4n) is 8.04. The molecule has 3 aliphatic rings. The highest BCUT2D eigenvalue weighted by Gasteiger charge is 2.40. The Bertz CT molecular complexity index is 1540. The Hall–Kier alpha value is -3.83. The summed E-state index contributed by atoms with van der Waals surface area (Å²) >= 11 is 0. The number of ether oxygens (including phenoxy) is 6. The van der Waals surface area contributed by atoms with Crippen LogP contribution in [-0.2, 0) is 49.4 Å². The molecule has 0 saturated heterocycles. The van der Waals surface area contributed by atoms with Crippen molar-refractivity contribution in [2.75, 3.05) is 33.0 Å². The van der Waals surface area contributed by atoms with Crippen LogP contribution in [0.4, 0.5) is 0 Å². The maximum absolute atomic E-state index is 13.8. The van der Waals surface area contributed by atoms with Gasteiger partial charge in [-0.05, 0) is 85.8 Å². The third-order valence-corrected chi connectivity index (χ3v) is 11.6. The van der Waals surface area contributed by atoms with Crippen molar-refractivity contribution in [2.45, 2.75) is 112 Å². The maximum atomic E-state index is 13.8. The first-order chi connectivity index (χ1) is 26.3. The van der Waals surface area contributed by atoms with Crippen molar-refractivity contribution in [3.63, 3.8) is 0 Å². The van der Waals surface area contributed by atoms with E-state index in [1.807, 2.05) is 30.3 Å². The molecule has 1 aliphatic heterocycles. The molecular formula is C44H62N2O9. The summed E-state index contributed by atoms with van der Waals surface area (Å²) in [5.74, 6) is 1.15. The average Bonchev–Trinajstić information content (AvgIpc) is 3.68. The highest BCUT2D eigenvalue weighted by Crippen LogP contribution is 2.36. The van der Waals surface area contributed by atoms with E-state index in [-0.39, 0.29) is 51.3 Å². The lowest BCUT2D eigenvalue weighted by Crippen LogP contribution is -2.42. The van der Waals surface area contributed by atoms with Gasteiger partial charge >= 0.3 is 17.9 Å². The molecule has 5 rings (SSSR count). The first-order valence-electron chi connectivity index (χ1n) is 20.2. The van der Waals surface area contributed by atoms with Crippen LogP contribution < -0.4 is 0 Å². The van der Waals surface area contributed by atoms with Crippen molar-refractivity contribution >= 4 is 23.8 Å². The van der Waals surface area contributed by atoms with Crippen molar-refractivity contribution in [1.82, 2.24) is 4.98 Å². The van der Waals surface area contributed by atoms with E-state index in [4.69, 9.17) is 33.4 Å². The van der Waals surface area contributed by atoms with Gasteiger partial charge in [0.25, 0.3) is 0 Å². The van der Waals surface area contributed by atoms with Crippen LogP contribution in [0, 0.1) is 40.9 Å². The zero-order valence-electron chi connectivity index (χ0n) is 33.9. The summed E-state index contributed by atoms with van der Waals surface area (Å²) in [5, 5.41) is 0. The lowest BCUT2D eigenvalue weighted by molar-refractivity contribution is -0.176. The topological polar surface area (TPSA) is 132 Å². The molecule has 1 aromatic carbocycles. The van der Waals surface area contributed by atoms with Gasteiger partial charge in [-0.2, -0.15) is 0 Å². The number of carbonyl (C=O) groups excluding carboxylic acids is 3. The summed E-state index contributed by atoms with van der Waals surface area (Å²) < 4.78 is 35.1. The van der Waals surface area contributed by atoms with Gasteiger partial charge in [0, 0.05) is 0 Å². The molecule has 0 bridgehead atoms. The van der Waals surface area contributed by atoms with Gasteiger partial charge in [0.15, 0.2) is 0 Å². The smallest absolute Gasteiger partial charge is 0.332 e. The van der Waals surface area contributed by atoms with Crippen LogP contribution in [0.15, 0.2) is 53.5 Å². The van der Waals surface area contributed by atoms with Crippen LogP contribution in [0.1, 0.15) is 110 Å². The number of carbonyl (C=O) groups is 3. The van der Waals surface area contributed by atoms with Gasteiger partial charge < -0.3 is 28.4 Å². The third-order valence-electron chi connectivity index (χ3n) is 11.6. The van der Waals surface area contributed by atoms with Crippen molar-refractivity contribution in [2.24, 2.45) is 45.9 Å². The molecule has 2 fully saturated rings. The molecule has 2 aliphatic carbocycles. The second-order valence-electron chi connectivity index (χ2n) is 17.0. The minimum Gasteiger partial charge on any atom is -0.474 e. The molecule has 7 atom stereocenters. The predicted octanol–water partition coefficient (Wildman–Crippen LogP) is 7.69. The van der Waals surface area contributed by atoms with Gasteiger partial charge in [-0.25, -0.2) is 19.6 Å². The van der Waals surface area contributed by atoms with Gasteiger partial charge in [-0.3, -0.25) is 4.79 Å². The minimum atomic E-state index is -1.51. The van der Waals surface area contributed by atoms with Gasteiger partial charge in [-0.15, -0.1) is 0 Å². The number of esters is 3. The zero-order chi connectivity index (χ0) is 39.5. The van der Waals surface area contributed by atoms with E-state index in [1.165, 1.54) is 0 Å². The monoisotopic (exact) mass is 762 g/mol. The molecule has 11 heteroatoms. The number of aliphatic imine (C=N–C) groups is 1. The molecule has 2 aromatic rings. The van der Waals surface area contributed by atoms with Crippen LogP contribution >= 0.6 is 0 Å².